The van der Waals surface area contributed by atoms with E-state index in [0.717, 1.165) is 11.1 Å². The first kappa shape index (κ1) is 23.7. The molecular weight excluding hydrogens is 446 g/mol. The van der Waals surface area contributed by atoms with Gasteiger partial charge in [0, 0.05) is 6.07 Å². The lowest BCUT2D eigenvalue weighted by Crippen LogP contribution is -2.21. The van der Waals surface area contributed by atoms with Gasteiger partial charge in [0.15, 0.2) is 6.61 Å². The van der Waals surface area contributed by atoms with Gasteiger partial charge in [0.25, 0.3) is 21.6 Å². The van der Waals surface area contributed by atoms with E-state index >= 15 is 0 Å². The Bertz CT molecular complexity index is 1300. The molecule has 0 bridgehead atoms. The zero-order valence-electron chi connectivity index (χ0n) is 18.3. The van der Waals surface area contributed by atoms with E-state index in [2.05, 4.69) is 10.0 Å². The SMILES string of the molecule is Cc1ccc(C)c(NS(=O)(=O)c2ccc(OCC(=O)Nc3cccc([N+](=O)[O-])c3C)cc2)c1. The van der Waals surface area contributed by atoms with Crippen molar-refractivity contribution < 1.29 is 22.9 Å². The van der Waals surface area contributed by atoms with Crippen molar-refractivity contribution in [2.75, 3.05) is 16.6 Å². The van der Waals surface area contributed by atoms with E-state index in [1.807, 2.05) is 26.0 Å². The van der Waals surface area contributed by atoms with Crippen LogP contribution in [0.25, 0.3) is 0 Å². The van der Waals surface area contributed by atoms with Crippen molar-refractivity contribution in [3.05, 3.63) is 87.5 Å². The van der Waals surface area contributed by atoms with Crippen molar-refractivity contribution in [2.45, 2.75) is 25.7 Å². The lowest BCUT2D eigenvalue weighted by molar-refractivity contribution is -0.385. The van der Waals surface area contributed by atoms with Crippen LogP contribution in [0.2, 0.25) is 0 Å². The fraction of sp³-hybridized carbons (Fsp3) is 0.174. The summed E-state index contributed by atoms with van der Waals surface area (Å²) in [5.41, 5.74) is 2.79. The monoisotopic (exact) mass is 469 g/mol. The van der Waals surface area contributed by atoms with Crippen LogP contribution in [0.5, 0.6) is 5.75 Å². The number of carbonyl (C=O) groups excluding carboxylic acids is 1. The first-order valence-electron chi connectivity index (χ1n) is 9.93. The van der Waals surface area contributed by atoms with Gasteiger partial charge in [-0.3, -0.25) is 19.6 Å². The molecule has 0 aliphatic carbocycles. The summed E-state index contributed by atoms with van der Waals surface area (Å²) in [6.07, 6.45) is 0. The zero-order valence-corrected chi connectivity index (χ0v) is 19.1. The van der Waals surface area contributed by atoms with Gasteiger partial charge in [-0.05, 0) is 68.3 Å². The van der Waals surface area contributed by atoms with Crippen LogP contribution in [-0.4, -0.2) is 25.9 Å². The first-order chi connectivity index (χ1) is 15.6. The van der Waals surface area contributed by atoms with E-state index in [1.54, 1.807) is 19.1 Å². The molecule has 0 radical (unpaired) electrons. The number of hydrogen-bond donors (Lipinski definition) is 2. The molecule has 0 saturated heterocycles. The van der Waals surface area contributed by atoms with E-state index in [-0.39, 0.29) is 17.2 Å². The van der Waals surface area contributed by atoms with Crippen LogP contribution in [-0.2, 0) is 14.8 Å². The van der Waals surface area contributed by atoms with E-state index in [9.17, 15) is 23.3 Å². The molecule has 3 aromatic carbocycles. The van der Waals surface area contributed by atoms with Crippen LogP contribution in [0, 0.1) is 30.9 Å². The van der Waals surface area contributed by atoms with E-state index in [4.69, 9.17) is 4.74 Å². The Morgan fingerprint density at radius 2 is 1.70 bits per heavy atom. The van der Waals surface area contributed by atoms with Crippen LogP contribution in [0.1, 0.15) is 16.7 Å². The van der Waals surface area contributed by atoms with Gasteiger partial charge < -0.3 is 10.1 Å². The number of amides is 1. The minimum atomic E-state index is -3.80. The smallest absolute Gasteiger partial charge is 0.274 e. The van der Waals surface area contributed by atoms with Gasteiger partial charge in [-0.2, -0.15) is 0 Å². The number of nitro benzene ring substituents is 1. The highest BCUT2D eigenvalue weighted by atomic mass is 32.2. The highest BCUT2D eigenvalue weighted by Crippen LogP contribution is 2.25. The molecule has 0 aliphatic heterocycles. The van der Waals surface area contributed by atoms with Gasteiger partial charge >= 0.3 is 0 Å². The molecule has 172 valence electrons. The maximum atomic E-state index is 12.7. The van der Waals surface area contributed by atoms with Crippen LogP contribution in [0.15, 0.2) is 65.6 Å². The number of rotatable bonds is 8. The largest absolute Gasteiger partial charge is 0.484 e. The Hall–Kier alpha value is -3.92. The van der Waals surface area contributed by atoms with Crippen LogP contribution in [0.3, 0.4) is 0 Å². The van der Waals surface area contributed by atoms with Crippen molar-refractivity contribution in [1.82, 2.24) is 0 Å². The minimum absolute atomic E-state index is 0.0485. The number of nitro groups is 1. The standard InChI is InChI=1S/C23H23N3O6S/c1-15-7-8-16(2)21(13-15)25-33(30,31)19-11-9-18(10-12-19)32-14-23(27)24-20-5-4-6-22(17(20)3)26(28)29/h4-13,25H,14H2,1-3H3,(H,24,27). The van der Waals surface area contributed by atoms with Crippen molar-refractivity contribution in [1.29, 1.82) is 0 Å². The topological polar surface area (TPSA) is 128 Å². The van der Waals surface area contributed by atoms with Crippen LogP contribution < -0.4 is 14.8 Å². The van der Waals surface area contributed by atoms with E-state index in [0.29, 0.717) is 22.7 Å². The summed E-state index contributed by atoms with van der Waals surface area (Å²) >= 11 is 0. The second-order valence-corrected chi connectivity index (χ2v) is 9.12. The third kappa shape index (κ3) is 5.86. The maximum Gasteiger partial charge on any atom is 0.274 e. The number of sulfonamides is 1. The molecule has 0 atom stereocenters. The van der Waals surface area contributed by atoms with Gasteiger partial charge in [0.2, 0.25) is 0 Å². The molecule has 2 N–H and O–H groups in total. The van der Waals surface area contributed by atoms with Gasteiger partial charge in [-0.25, -0.2) is 8.42 Å². The Morgan fingerprint density at radius 1 is 1.00 bits per heavy atom. The fourth-order valence-electron chi connectivity index (χ4n) is 3.06. The molecule has 0 unspecified atom stereocenters. The number of carbonyl (C=O) groups is 1. The number of ether oxygens (including phenoxy) is 1. The van der Waals surface area contributed by atoms with Crippen molar-refractivity contribution in [2.24, 2.45) is 0 Å². The summed E-state index contributed by atoms with van der Waals surface area (Å²) in [7, 11) is -3.80. The molecule has 3 rings (SSSR count). The number of hydrogen-bond acceptors (Lipinski definition) is 6. The van der Waals surface area contributed by atoms with E-state index < -0.39 is 20.9 Å². The highest BCUT2D eigenvalue weighted by molar-refractivity contribution is 7.92. The minimum Gasteiger partial charge on any atom is -0.484 e. The average molecular weight is 470 g/mol. The summed E-state index contributed by atoms with van der Waals surface area (Å²) in [4.78, 5) is 22.7. The molecule has 9 nitrogen and oxygen atoms in total. The molecular formula is C23H23N3O6S. The summed E-state index contributed by atoms with van der Waals surface area (Å²) in [6, 6.07) is 15.5. The lowest BCUT2D eigenvalue weighted by atomic mass is 10.1. The number of aryl methyl sites for hydroxylation is 2. The fourth-order valence-corrected chi connectivity index (χ4v) is 4.18. The predicted molar refractivity (Wildman–Crippen MR) is 125 cm³/mol. The van der Waals surface area contributed by atoms with Gasteiger partial charge in [-0.1, -0.05) is 18.2 Å². The second kappa shape index (κ2) is 9.70. The normalized spacial score (nSPS) is 11.0. The number of nitrogens with one attached hydrogen (secondary N) is 2. The van der Waals surface area contributed by atoms with E-state index in [1.165, 1.54) is 36.4 Å². The van der Waals surface area contributed by atoms with Crippen LogP contribution in [0.4, 0.5) is 17.1 Å². The Balaban J connectivity index is 1.63. The third-order valence-corrected chi connectivity index (χ3v) is 6.30. The molecule has 0 spiro atoms. The van der Waals surface area contributed by atoms with Crippen molar-refractivity contribution >= 4 is 33.0 Å². The molecule has 0 aromatic heterocycles. The summed E-state index contributed by atoms with van der Waals surface area (Å²) < 4.78 is 33.4. The molecule has 0 fully saturated rings. The molecule has 0 heterocycles. The molecule has 0 saturated carbocycles. The Kier molecular flexibility index (Phi) is 6.98. The number of nitrogens with zero attached hydrogens (tertiary/aromatic N) is 1. The maximum absolute atomic E-state index is 12.7. The first-order valence-corrected chi connectivity index (χ1v) is 11.4. The van der Waals surface area contributed by atoms with Gasteiger partial charge in [-0.15, -0.1) is 0 Å². The molecule has 10 heteroatoms. The molecule has 3 aromatic rings. The number of anilines is 2. The summed E-state index contributed by atoms with van der Waals surface area (Å²) in [5.74, 6) is -0.210. The van der Waals surface area contributed by atoms with Crippen LogP contribution >= 0.6 is 0 Å². The second-order valence-electron chi connectivity index (χ2n) is 7.44. The molecule has 0 aliphatic rings. The van der Waals surface area contributed by atoms with Crippen molar-refractivity contribution in [3.8, 4) is 5.75 Å². The highest BCUT2D eigenvalue weighted by Gasteiger charge is 2.17. The lowest BCUT2D eigenvalue weighted by Gasteiger charge is -2.12. The molecule has 33 heavy (non-hydrogen) atoms. The predicted octanol–water partition coefficient (Wildman–Crippen LogP) is 4.34. The summed E-state index contributed by atoms with van der Waals surface area (Å²) in [6.45, 7) is 4.88. The Labute approximate surface area is 191 Å². The number of benzene rings is 3. The quantitative estimate of drug-likeness (QED) is 0.373. The zero-order chi connectivity index (χ0) is 24.2. The molecule has 1 amide bonds. The average Bonchev–Trinajstić information content (AvgIpc) is 2.76. The van der Waals surface area contributed by atoms with Gasteiger partial charge in [0.1, 0.15) is 5.75 Å². The third-order valence-electron chi connectivity index (χ3n) is 4.92. The summed E-state index contributed by atoms with van der Waals surface area (Å²) in [5, 5.41) is 13.6. The van der Waals surface area contributed by atoms with Gasteiger partial charge in [0.05, 0.1) is 26.8 Å². The Morgan fingerprint density at radius 3 is 2.36 bits per heavy atom. The van der Waals surface area contributed by atoms with Crippen molar-refractivity contribution in [3.63, 3.8) is 0 Å².